The number of H-pyrrole nitrogens is 1. The number of para-hydroxylation sites is 3. The van der Waals surface area contributed by atoms with Crippen molar-refractivity contribution in [3.63, 3.8) is 0 Å². The van der Waals surface area contributed by atoms with E-state index < -0.39 is 0 Å². The Morgan fingerprint density at radius 2 is 1.46 bits per heavy atom. The molecule has 0 amide bonds. The van der Waals surface area contributed by atoms with Crippen molar-refractivity contribution in [3.8, 4) is 22.8 Å². The van der Waals surface area contributed by atoms with Crippen LogP contribution in [0.25, 0.3) is 22.2 Å². The van der Waals surface area contributed by atoms with Gasteiger partial charge in [-0.15, -0.1) is 0 Å². The van der Waals surface area contributed by atoms with Crippen LogP contribution >= 0.6 is 0 Å². The third-order valence-electron chi connectivity index (χ3n) is 7.12. The van der Waals surface area contributed by atoms with Gasteiger partial charge < -0.3 is 14.5 Å². The van der Waals surface area contributed by atoms with E-state index >= 15 is 0 Å². The highest BCUT2D eigenvalue weighted by molar-refractivity contribution is 6.05. The van der Waals surface area contributed by atoms with Gasteiger partial charge in [-0.1, -0.05) is 30.3 Å². The minimum atomic E-state index is -0.354. The smallest absolute Gasteiger partial charge is 0.294 e. The molecule has 1 aliphatic heterocycles. The lowest BCUT2D eigenvalue weighted by Crippen LogP contribution is -2.20. The molecule has 0 aliphatic carbocycles. The van der Waals surface area contributed by atoms with Crippen molar-refractivity contribution in [2.24, 2.45) is 5.10 Å². The zero-order valence-corrected chi connectivity index (χ0v) is 21.5. The SMILES string of the molecule is COc1ccc(C2=NN(c3ccccc3[N+](=O)[O-])C(c3c(-c4ccc(OC)cc4)[nH]c4ccccc34)C2)cc1. The summed E-state index contributed by atoms with van der Waals surface area (Å²) in [7, 11) is 3.27. The van der Waals surface area contributed by atoms with Crippen molar-refractivity contribution in [1.82, 2.24) is 4.98 Å². The summed E-state index contributed by atoms with van der Waals surface area (Å²) in [6, 6.07) is 30.2. The van der Waals surface area contributed by atoms with Gasteiger partial charge in [0.25, 0.3) is 5.69 Å². The van der Waals surface area contributed by atoms with Crippen molar-refractivity contribution in [2.45, 2.75) is 12.5 Å². The molecule has 6 rings (SSSR count). The number of nitro groups is 1. The first kappa shape index (κ1) is 24.2. The van der Waals surface area contributed by atoms with Gasteiger partial charge in [-0.2, -0.15) is 5.10 Å². The van der Waals surface area contributed by atoms with Gasteiger partial charge in [0.05, 0.1) is 36.6 Å². The number of ether oxygens (including phenoxy) is 2. The lowest BCUT2D eigenvalue weighted by atomic mass is 9.93. The minimum absolute atomic E-state index is 0.00747. The van der Waals surface area contributed by atoms with Gasteiger partial charge in [0.2, 0.25) is 0 Å². The monoisotopic (exact) mass is 518 g/mol. The van der Waals surface area contributed by atoms with Gasteiger partial charge >= 0.3 is 0 Å². The number of nitrogens with one attached hydrogen (secondary N) is 1. The van der Waals surface area contributed by atoms with Gasteiger partial charge in [0.1, 0.15) is 17.2 Å². The first-order valence-corrected chi connectivity index (χ1v) is 12.6. The van der Waals surface area contributed by atoms with Crippen LogP contribution in [0.1, 0.15) is 23.6 Å². The topological polar surface area (TPSA) is 93.0 Å². The zero-order chi connectivity index (χ0) is 26.9. The van der Waals surface area contributed by atoms with Gasteiger partial charge in [0.15, 0.2) is 0 Å². The summed E-state index contributed by atoms with van der Waals surface area (Å²) < 4.78 is 10.7. The highest BCUT2D eigenvalue weighted by Crippen LogP contribution is 2.46. The predicted molar refractivity (Wildman–Crippen MR) is 153 cm³/mol. The van der Waals surface area contributed by atoms with E-state index in [1.165, 1.54) is 6.07 Å². The summed E-state index contributed by atoms with van der Waals surface area (Å²) in [5.41, 5.74) is 6.18. The molecule has 1 N–H and O–H groups in total. The molecule has 0 saturated carbocycles. The Morgan fingerprint density at radius 1 is 0.846 bits per heavy atom. The number of hydrogen-bond acceptors (Lipinski definition) is 6. The van der Waals surface area contributed by atoms with Crippen LogP contribution in [0.4, 0.5) is 11.4 Å². The molecule has 8 nitrogen and oxygen atoms in total. The molecule has 0 saturated heterocycles. The number of fused-ring (bicyclic) bond motifs is 1. The molecule has 2 heterocycles. The largest absolute Gasteiger partial charge is 0.497 e. The number of nitrogens with zero attached hydrogens (tertiary/aromatic N) is 3. The summed E-state index contributed by atoms with van der Waals surface area (Å²) in [5.74, 6) is 1.52. The molecular formula is C31H26N4O4. The second kappa shape index (κ2) is 9.98. The first-order valence-electron chi connectivity index (χ1n) is 12.6. The van der Waals surface area contributed by atoms with E-state index in [2.05, 4.69) is 11.1 Å². The van der Waals surface area contributed by atoms with Crippen molar-refractivity contribution < 1.29 is 14.4 Å². The summed E-state index contributed by atoms with van der Waals surface area (Å²) in [4.78, 5) is 15.3. The fourth-order valence-electron chi connectivity index (χ4n) is 5.22. The highest BCUT2D eigenvalue weighted by Gasteiger charge is 2.36. The van der Waals surface area contributed by atoms with E-state index in [1.54, 1.807) is 37.4 Å². The normalized spacial score (nSPS) is 14.9. The van der Waals surface area contributed by atoms with Crippen molar-refractivity contribution in [2.75, 3.05) is 19.2 Å². The molecule has 4 aromatic carbocycles. The average molecular weight is 519 g/mol. The number of benzene rings is 4. The Kier molecular flexibility index (Phi) is 6.20. The molecule has 1 atom stereocenters. The molecule has 194 valence electrons. The van der Waals surface area contributed by atoms with Crippen LogP contribution in [0.2, 0.25) is 0 Å². The van der Waals surface area contributed by atoms with Crippen LogP contribution in [0.15, 0.2) is 102 Å². The third-order valence-corrected chi connectivity index (χ3v) is 7.12. The molecule has 8 heteroatoms. The Morgan fingerprint density at radius 3 is 2.13 bits per heavy atom. The van der Waals surface area contributed by atoms with E-state index in [9.17, 15) is 10.1 Å². The molecule has 5 aromatic rings. The fraction of sp³-hybridized carbons (Fsp3) is 0.129. The summed E-state index contributed by atoms with van der Waals surface area (Å²) in [6.45, 7) is 0. The molecule has 0 radical (unpaired) electrons. The number of aromatic amines is 1. The van der Waals surface area contributed by atoms with Crippen LogP contribution in [0.3, 0.4) is 0 Å². The maximum absolute atomic E-state index is 12.1. The van der Waals surface area contributed by atoms with Gasteiger partial charge in [-0.25, -0.2) is 0 Å². The number of aromatic nitrogens is 1. The van der Waals surface area contributed by atoms with Crippen molar-refractivity contribution >= 4 is 28.0 Å². The molecule has 0 spiro atoms. The number of hydrogen-bond donors (Lipinski definition) is 1. The number of nitro benzene ring substituents is 1. The fourth-order valence-corrected chi connectivity index (χ4v) is 5.22. The number of anilines is 1. The number of methoxy groups -OCH3 is 2. The summed E-state index contributed by atoms with van der Waals surface area (Å²) in [6.07, 6.45) is 0.559. The summed E-state index contributed by atoms with van der Waals surface area (Å²) in [5, 5.41) is 19.9. The minimum Gasteiger partial charge on any atom is -0.497 e. The molecule has 1 aliphatic rings. The summed E-state index contributed by atoms with van der Waals surface area (Å²) >= 11 is 0. The molecule has 39 heavy (non-hydrogen) atoms. The Hall–Kier alpha value is -5.11. The van der Waals surface area contributed by atoms with Crippen molar-refractivity contribution in [1.29, 1.82) is 0 Å². The maximum Gasteiger partial charge on any atom is 0.294 e. The Balaban J connectivity index is 1.55. The number of hydrazone groups is 1. The molecular weight excluding hydrogens is 492 g/mol. The van der Waals surface area contributed by atoms with E-state index in [4.69, 9.17) is 14.6 Å². The Labute approximate surface area is 225 Å². The Bertz CT molecular complexity index is 1690. The first-order chi connectivity index (χ1) is 19.1. The lowest BCUT2D eigenvalue weighted by Gasteiger charge is -2.24. The van der Waals surface area contributed by atoms with Gasteiger partial charge in [0, 0.05) is 29.0 Å². The van der Waals surface area contributed by atoms with E-state index in [0.717, 1.165) is 50.5 Å². The lowest BCUT2D eigenvalue weighted by molar-refractivity contribution is -0.384. The van der Waals surface area contributed by atoms with Crippen LogP contribution in [-0.2, 0) is 0 Å². The predicted octanol–water partition coefficient (Wildman–Crippen LogP) is 7.12. The van der Waals surface area contributed by atoms with Gasteiger partial charge in [-0.05, 0) is 71.8 Å². The van der Waals surface area contributed by atoms with Crippen LogP contribution in [0.5, 0.6) is 11.5 Å². The van der Waals surface area contributed by atoms with Crippen molar-refractivity contribution in [3.05, 3.63) is 118 Å². The zero-order valence-electron chi connectivity index (χ0n) is 21.5. The van der Waals surface area contributed by atoms with E-state index in [0.29, 0.717) is 12.1 Å². The second-order valence-corrected chi connectivity index (χ2v) is 9.27. The van der Waals surface area contributed by atoms with Crippen LogP contribution in [0, 0.1) is 10.1 Å². The molecule has 0 fully saturated rings. The van der Waals surface area contributed by atoms with Crippen LogP contribution < -0.4 is 14.5 Å². The van der Waals surface area contributed by atoms with Gasteiger partial charge in [-0.3, -0.25) is 15.1 Å². The highest BCUT2D eigenvalue weighted by atomic mass is 16.6. The number of rotatable bonds is 7. The van der Waals surface area contributed by atoms with E-state index in [-0.39, 0.29) is 16.7 Å². The average Bonchev–Trinajstić information content (AvgIpc) is 3.59. The standard InChI is InChI=1S/C31H26N4O4/c1-38-22-15-11-20(12-16-22)26-19-29(34(33-26)27-9-5-6-10-28(27)35(36)37)30-24-7-3-4-8-25(24)32-31(30)21-13-17-23(39-2)18-14-21/h3-18,29,32H,19H2,1-2H3. The second-order valence-electron chi connectivity index (χ2n) is 9.27. The molecule has 0 bridgehead atoms. The quantitative estimate of drug-likeness (QED) is 0.183. The third kappa shape index (κ3) is 4.35. The molecule has 1 unspecified atom stereocenters. The molecule has 1 aromatic heterocycles. The maximum atomic E-state index is 12.1. The van der Waals surface area contributed by atoms with E-state index in [1.807, 2.05) is 66.7 Å². The van der Waals surface area contributed by atoms with Crippen LogP contribution in [-0.4, -0.2) is 29.8 Å².